The molecular weight excluding hydrogens is 242 g/mol. The summed E-state index contributed by atoms with van der Waals surface area (Å²) in [6, 6.07) is -1.26. The molecule has 1 fully saturated rings. The molecule has 8 nitrogen and oxygen atoms in total. The number of rotatable bonds is 3. The second-order valence-corrected chi connectivity index (χ2v) is 5.05. The van der Waals surface area contributed by atoms with Crippen molar-refractivity contribution in [1.29, 1.82) is 0 Å². The smallest absolute Gasteiger partial charge is 0.408 e. The summed E-state index contributed by atoms with van der Waals surface area (Å²) in [7, 11) is -3.72. The number of aliphatic carboxylic acids is 1. The van der Waals surface area contributed by atoms with Crippen LogP contribution in [-0.2, 0) is 19.1 Å². The van der Waals surface area contributed by atoms with E-state index in [0.717, 1.165) is 6.26 Å². The van der Waals surface area contributed by atoms with Crippen LogP contribution in [0.15, 0.2) is 0 Å². The first-order valence-electron chi connectivity index (χ1n) is 4.31. The highest BCUT2D eigenvalue weighted by molar-refractivity contribution is 7.86. The number of amides is 1. The van der Waals surface area contributed by atoms with Crippen molar-refractivity contribution in [3.8, 4) is 0 Å². The zero-order valence-corrected chi connectivity index (χ0v) is 9.18. The molecule has 1 rings (SSSR count). The van der Waals surface area contributed by atoms with Crippen LogP contribution in [0.5, 0.6) is 0 Å². The first kappa shape index (κ1) is 12.7. The quantitative estimate of drug-likeness (QED) is 0.629. The van der Waals surface area contributed by atoms with Gasteiger partial charge in [0.05, 0.1) is 18.9 Å². The number of hydrogen-bond donors (Lipinski definition) is 2. The third-order valence-corrected chi connectivity index (χ3v) is 2.73. The molecule has 2 N–H and O–H groups in total. The molecule has 2 atom stereocenters. The third-order valence-electron chi connectivity index (χ3n) is 2.10. The van der Waals surface area contributed by atoms with Crippen molar-refractivity contribution >= 4 is 22.2 Å². The Bertz CT molecular complexity index is 381. The Morgan fingerprint density at radius 3 is 2.25 bits per heavy atom. The van der Waals surface area contributed by atoms with Gasteiger partial charge < -0.3 is 10.2 Å². The molecule has 0 aliphatic carbocycles. The van der Waals surface area contributed by atoms with Crippen LogP contribution in [0.25, 0.3) is 0 Å². The molecule has 0 aromatic heterocycles. The number of likely N-dealkylation sites (tertiary alicyclic amines) is 1. The van der Waals surface area contributed by atoms with E-state index in [4.69, 9.17) is 10.2 Å². The minimum atomic E-state index is -3.72. The highest BCUT2D eigenvalue weighted by Crippen LogP contribution is 2.21. The van der Waals surface area contributed by atoms with Crippen LogP contribution >= 0.6 is 0 Å². The van der Waals surface area contributed by atoms with E-state index in [0.29, 0.717) is 4.90 Å². The van der Waals surface area contributed by atoms with Gasteiger partial charge in [0, 0.05) is 6.42 Å². The normalized spacial score (nSPS) is 25.7. The molecular formula is C7H11NO7S. The Kier molecular flexibility index (Phi) is 3.38. The summed E-state index contributed by atoms with van der Waals surface area (Å²) in [5.41, 5.74) is 0. The van der Waals surface area contributed by atoms with Gasteiger partial charge in [-0.05, 0) is 0 Å². The molecule has 0 spiro atoms. The number of hydrogen-bond acceptors (Lipinski definition) is 5. The van der Waals surface area contributed by atoms with Gasteiger partial charge in [0.25, 0.3) is 10.1 Å². The average Bonchev–Trinajstić information content (AvgIpc) is 2.44. The lowest BCUT2D eigenvalue weighted by atomic mass is 10.2. The van der Waals surface area contributed by atoms with Gasteiger partial charge >= 0.3 is 12.1 Å². The van der Waals surface area contributed by atoms with Gasteiger partial charge in [-0.25, -0.2) is 9.59 Å². The lowest BCUT2D eigenvalue weighted by molar-refractivity contribution is -0.141. The summed E-state index contributed by atoms with van der Waals surface area (Å²) >= 11 is 0. The molecule has 2 unspecified atom stereocenters. The van der Waals surface area contributed by atoms with Gasteiger partial charge in [-0.15, -0.1) is 0 Å². The van der Waals surface area contributed by atoms with Crippen LogP contribution in [-0.4, -0.2) is 60.5 Å². The number of carbonyl (C=O) groups is 2. The molecule has 1 aliphatic rings. The van der Waals surface area contributed by atoms with Gasteiger partial charge in [0.1, 0.15) is 6.04 Å². The zero-order chi connectivity index (χ0) is 12.5. The Balaban J connectivity index is 2.77. The van der Waals surface area contributed by atoms with Crippen LogP contribution in [0.3, 0.4) is 0 Å². The summed E-state index contributed by atoms with van der Waals surface area (Å²) < 4.78 is 26.2. The van der Waals surface area contributed by atoms with E-state index in [-0.39, 0.29) is 13.0 Å². The number of carboxylic acids is 1. The van der Waals surface area contributed by atoms with Crippen LogP contribution < -0.4 is 0 Å². The molecule has 1 heterocycles. The van der Waals surface area contributed by atoms with E-state index in [2.05, 4.69) is 4.18 Å². The fraction of sp³-hybridized carbons (Fsp3) is 0.714. The second-order valence-electron chi connectivity index (χ2n) is 3.45. The minimum absolute atomic E-state index is 0.172. The zero-order valence-electron chi connectivity index (χ0n) is 8.36. The summed E-state index contributed by atoms with van der Waals surface area (Å²) in [6.45, 7) is -0.265. The Morgan fingerprint density at radius 1 is 1.38 bits per heavy atom. The van der Waals surface area contributed by atoms with Crippen molar-refractivity contribution in [3.63, 3.8) is 0 Å². The highest BCUT2D eigenvalue weighted by Gasteiger charge is 2.41. The predicted octanol–water partition coefficient (Wildman–Crippen LogP) is -0.832. The summed E-state index contributed by atoms with van der Waals surface area (Å²) in [6.07, 6.45) is -1.69. The van der Waals surface area contributed by atoms with Crippen molar-refractivity contribution in [2.45, 2.75) is 18.6 Å². The maximum Gasteiger partial charge on any atom is 0.408 e. The third kappa shape index (κ3) is 3.07. The molecule has 0 aromatic carbocycles. The molecule has 9 heteroatoms. The van der Waals surface area contributed by atoms with E-state index in [1.807, 2.05) is 0 Å². The molecule has 92 valence electrons. The Morgan fingerprint density at radius 2 is 1.94 bits per heavy atom. The van der Waals surface area contributed by atoms with Gasteiger partial charge in [-0.2, -0.15) is 8.42 Å². The van der Waals surface area contributed by atoms with Gasteiger partial charge in [-0.3, -0.25) is 9.08 Å². The lowest BCUT2D eigenvalue weighted by Gasteiger charge is -2.16. The van der Waals surface area contributed by atoms with Crippen molar-refractivity contribution in [2.75, 3.05) is 12.8 Å². The molecule has 1 amide bonds. The van der Waals surface area contributed by atoms with Gasteiger partial charge in [0.2, 0.25) is 0 Å². The maximum atomic E-state index is 10.8. The van der Waals surface area contributed by atoms with Gasteiger partial charge in [-0.1, -0.05) is 0 Å². The summed E-state index contributed by atoms with van der Waals surface area (Å²) in [5.74, 6) is -1.32. The topological polar surface area (TPSA) is 121 Å². The predicted molar refractivity (Wildman–Crippen MR) is 50.5 cm³/mol. The molecule has 0 aromatic rings. The van der Waals surface area contributed by atoms with Gasteiger partial charge in [0.15, 0.2) is 0 Å². The number of nitrogens with zero attached hydrogens (tertiary/aromatic N) is 1. The first-order valence-corrected chi connectivity index (χ1v) is 6.13. The first-order chi connectivity index (χ1) is 7.20. The van der Waals surface area contributed by atoms with Crippen molar-refractivity contribution in [3.05, 3.63) is 0 Å². The van der Waals surface area contributed by atoms with Crippen LogP contribution in [0, 0.1) is 0 Å². The Labute approximate surface area is 91.5 Å². The Hall–Kier alpha value is -1.35. The highest BCUT2D eigenvalue weighted by atomic mass is 32.2. The number of carboxylic acid groups (broad SMARTS) is 2. The minimum Gasteiger partial charge on any atom is -0.480 e. The molecule has 0 radical (unpaired) electrons. The molecule has 1 aliphatic heterocycles. The van der Waals surface area contributed by atoms with Crippen LogP contribution in [0.1, 0.15) is 6.42 Å². The van der Waals surface area contributed by atoms with Crippen molar-refractivity contribution in [2.24, 2.45) is 0 Å². The molecule has 1 saturated heterocycles. The van der Waals surface area contributed by atoms with Crippen LogP contribution in [0.2, 0.25) is 0 Å². The summed E-state index contributed by atoms with van der Waals surface area (Å²) in [5, 5.41) is 17.4. The molecule has 16 heavy (non-hydrogen) atoms. The SMILES string of the molecule is CS(=O)(=O)OC1CC(C(=O)O)N(C(=O)O)C1. The van der Waals surface area contributed by atoms with E-state index in [1.54, 1.807) is 0 Å². The van der Waals surface area contributed by atoms with Crippen molar-refractivity contribution in [1.82, 2.24) is 4.90 Å². The fourth-order valence-corrected chi connectivity index (χ4v) is 2.19. The largest absolute Gasteiger partial charge is 0.480 e. The second kappa shape index (κ2) is 4.26. The van der Waals surface area contributed by atoms with E-state index in [9.17, 15) is 18.0 Å². The van der Waals surface area contributed by atoms with E-state index < -0.39 is 34.3 Å². The summed E-state index contributed by atoms with van der Waals surface area (Å²) in [4.78, 5) is 22.1. The lowest BCUT2D eigenvalue weighted by Crippen LogP contribution is -2.39. The van der Waals surface area contributed by atoms with Crippen molar-refractivity contribution < 1.29 is 32.4 Å². The average molecular weight is 253 g/mol. The standard InChI is InChI=1S/C7H11NO7S/c1-16(13,14)15-4-2-5(6(9)10)8(3-4)7(11)12/h4-5H,2-3H2,1H3,(H,9,10)(H,11,12). The van der Waals surface area contributed by atoms with E-state index in [1.165, 1.54) is 0 Å². The fourth-order valence-electron chi connectivity index (χ4n) is 1.56. The molecule has 0 saturated carbocycles. The molecule has 0 bridgehead atoms. The van der Waals surface area contributed by atoms with Crippen LogP contribution in [0.4, 0.5) is 4.79 Å². The monoisotopic (exact) mass is 253 g/mol. The van der Waals surface area contributed by atoms with E-state index >= 15 is 0 Å². The maximum absolute atomic E-state index is 10.8.